The van der Waals surface area contributed by atoms with Gasteiger partial charge in [0.2, 0.25) is 0 Å². The molecule has 0 spiro atoms. The molecule has 4 rings (SSSR count). The third-order valence-electron chi connectivity index (χ3n) is 6.97. The fourth-order valence-corrected chi connectivity index (χ4v) is 4.52. The topological polar surface area (TPSA) is 77.3 Å². The number of aromatic nitrogens is 6. The highest BCUT2D eigenvalue weighted by Crippen LogP contribution is 2.38. The molecule has 0 aliphatic carbocycles. The third kappa shape index (κ3) is 5.09. The van der Waals surface area contributed by atoms with Crippen LogP contribution in [0.2, 0.25) is 0 Å². The SMILES string of the molecule is CC(C)(C)c1nc(C(C)(C)CCC(C)(C)c2nc(C(C)(C)C)c3cccnc3n2)c2ccncc2n1. The second-order valence-electron chi connectivity index (χ2n) is 13.3. The molecule has 4 heterocycles. The van der Waals surface area contributed by atoms with Gasteiger partial charge in [-0.1, -0.05) is 69.2 Å². The smallest absolute Gasteiger partial charge is 0.163 e. The Kier molecular flexibility index (Phi) is 6.39. The van der Waals surface area contributed by atoms with Gasteiger partial charge in [0.25, 0.3) is 0 Å². The van der Waals surface area contributed by atoms with Crippen LogP contribution in [0.3, 0.4) is 0 Å². The van der Waals surface area contributed by atoms with Gasteiger partial charge in [-0.25, -0.2) is 24.9 Å². The molecule has 0 aromatic carbocycles. The van der Waals surface area contributed by atoms with Crippen LogP contribution in [-0.2, 0) is 21.7 Å². The summed E-state index contributed by atoms with van der Waals surface area (Å²) in [6.45, 7) is 22.1. The molecule has 0 radical (unpaired) electrons. The summed E-state index contributed by atoms with van der Waals surface area (Å²) in [7, 11) is 0. The molecule has 0 bridgehead atoms. The maximum Gasteiger partial charge on any atom is 0.163 e. The lowest BCUT2D eigenvalue weighted by molar-refractivity contribution is 0.355. The van der Waals surface area contributed by atoms with Crippen LogP contribution in [0.4, 0.5) is 0 Å². The maximum atomic E-state index is 5.13. The molecule has 0 aliphatic heterocycles. The van der Waals surface area contributed by atoms with Crippen molar-refractivity contribution < 1.29 is 0 Å². The Balaban J connectivity index is 1.72. The van der Waals surface area contributed by atoms with Crippen LogP contribution >= 0.6 is 0 Å². The Morgan fingerprint density at radius 1 is 0.611 bits per heavy atom. The standard InChI is InChI=1S/C30H40N6/c1-27(2,3)22-20-12-11-16-32-24(20)36-26(34-22)30(9,10)15-14-29(7,8)23-19-13-17-31-18-21(19)33-25(35-23)28(4,5)6/h11-13,16-18H,14-15H2,1-10H3. The number of hydrogen-bond donors (Lipinski definition) is 0. The van der Waals surface area contributed by atoms with Gasteiger partial charge in [0.1, 0.15) is 11.6 Å². The largest absolute Gasteiger partial charge is 0.262 e. The molecule has 36 heavy (non-hydrogen) atoms. The Hall–Kier alpha value is -3.02. The second-order valence-corrected chi connectivity index (χ2v) is 13.3. The molecule has 0 saturated carbocycles. The van der Waals surface area contributed by atoms with E-state index in [0.717, 1.165) is 57.8 Å². The van der Waals surface area contributed by atoms with Gasteiger partial charge in [-0.2, -0.15) is 0 Å². The lowest BCUT2D eigenvalue weighted by Gasteiger charge is -2.32. The van der Waals surface area contributed by atoms with E-state index in [1.807, 2.05) is 30.7 Å². The summed E-state index contributed by atoms with van der Waals surface area (Å²) in [5.41, 5.74) is 3.12. The normalized spacial score (nSPS) is 13.5. The Morgan fingerprint density at radius 3 is 1.94 bits per heavy atom. The van der Waals surface area contributed by atoms with Crippen molar-refractivity contribution in [2.24, 2.45) is 0 Å². The molecular weight excluding hydrogens is 444 g/mol. The van der Waals surface area contributed by atoms with Gasteiger partial charge in [-0.05, 0) is 31.0 Å². The molecule has 0 N–H and O–H groups in total. The molecule has 0 unspecified atom stereocenters. The van der Waals surface area contributed by atoms with Crippen LogP contribution in [0.1, 0.15) is 105 Å². The Bertz CT molecular complexity index is 1410. The minimum Gasteiger partial charge on any atom is -0.262 e. The first-order valence-electron chi connectivity index (χ1n) is 12.9. The number of hydrogen-bond acceptors (Lipinski definition) is 6. The molecular formula is C30H40N6. The predicted molar refractivity (Wildman–Crippen MR) is 147 cm³/mol. The number of nitrogens with zero attached hydrogens (tertiary/aromatic N) is 6. The molecule has 0 fully saturated rings. The van der Waals surface area contributed by atoms with E-state index >= 15 is 0 Å². The monoisotopic (exact) mass is 484 g/mol. The first-order chi connectivity index (χ1) is 16.6. The van der Waals surface area contributed by atoms with Gasteiger partial charge in [-0.3, -0.25) is 4.98 Å². The Morgan fingerprint density at radius 2 is 1.28 bits per heavy atom. The zero-order valence-electron chi connectivity index (χ0n) is 23.6. The van der Waals surface area contributed by atoms with Crippen LogP contribution in [-0.4, -0.2) is 29.9 Å². The van der Waals surface area contributed by atoms with Crippen molar-refractivity contribution in [2.75, 3.05) is 0 Å². The number of pyridine rings is 2. The van der Waals surface area contributed by atoms with Crippen LogP contribution < -0.4 is 0 Å². The van der Waals surface area contributed by atoms with Gasteiger partial charge in [-0.15, -0.1) is 0 Å². The van der Waals surface area contributed by atoms with Gasteiger partial charge >= 0.3 is 0 Å². The highest BCUT2D eigenvalue weighted by molar-refractivity contribution is 5.81. The van der Waals surface area contributed by atoms with Crippen molar-refractivity contribution in [3.8, 4) is 0 Å². The second kappa shape index (κ2) is 8.82. The molecule has 6 nitrogen and oxygen atoms in total. The lowest BCUT2D eigenvalue weighted by Crippen LogP contribution is -2.29. The highest BCUT2D eigenvalue weighted by Gasteiger charge is 2.34. The van der Waals surface area contributed by atoms with E-state index < -0.39 is 0 Å². The fourth-order valence-electron chi connectivity index (χ4n) is 4.52. The average Bonchev–Trinajstić information content (AvgIpc) is 2.80. The summed E-state index contributed by atoms with van der Waals surface area (Å²) in [6, 6.07) is 6.07. The third-order valence-corrected chi connectivity index (χ3v) is 6.97. The Labute approximate surface area is 215 Å². The van der Waals surface area contributed by atoms with Crippen molar-refractivity contribution in [3.63, 3.8) is 0 Å². The summed E-state index contributed by atoms with van der Waals surface area (Å²) in [4.78, 5) is 28.9. The highest BCUT2D eigenvalue weighted by atomic mass is 15.0. The molecule has 190 valence electrons. The lowest BCUT2D eigenvalue weighted by atomic mass is 9.75. The molecule has 0 atom stereocenters. The van der Waals surface area contributed by atoms with Crippen LogP contribution in [0.25, 0.3) is 21.9 Å². The first kappa shape index (κ1) is 26.1. The summed E-state index contributed by atoms with van der Waals surface area (Å²) in [6.07, 6.45) is 7.31. The van der Waals surface area contributed by atoms with E-state index in [0.29, 0.717) is 0 Å². The molecule has 6 heteroatoms. The van der Waals surface area contributed by atoms with E-state index in [1.54, 1.807) is 0 Å². The minimum atomic E-state index is -0.236. The first-order valence-corrected chi connectivity index (χ1v) is 12.9. The zero-order valence-corrected chi connectivity index (χ0v) is 23.6. The number of rotatable bonds is 5. The summed E-state index contributed by atoms with van der Waals surface area (Å²) in [5.74, 6) is 1.70. The predicted octanol–water partition coefficient (Wildman–Crippen LogP) is 6.99. The van der Waals surface area contributed by atoms with E-state index in [1.165, 1.54) is 0 Å². The summed E-state index contributed by atoms with van der Waals surface area (Å²) in [5, 5.41) is 2.10. The fraction of sp³-hybridized carbons (Fsp3) is 0.533. The molecule has 4 aromatic heterocycles. The van der Waals surface area contributed by atoms with Crippen molar-refractivity contribution in [1.29, 1.82) is 0 Å². The molecule has 0 saturated heterocycles. The van der Waals surface area contributed by atoms with Crippen LogP contribution in [0.15, 0.2) is 36.8 Å². The van der Waals surface area contributed by atoms with Gasteiger partial charge < -0.3 is 0 Å². The molecule has 4 aromatic rings. The quantitative estimate of drug-likeness (QED) is 0.304. The average molecular weight is 485 g/mol. The number of fused-ring (bicyclic) bond motifs is 2. The van der Waals surface area contributed by atoms with Gasteiger partial charge in [0.05, 0.1) is 23.1 Å². The molecule has 0 aliphatic rings. The van der Waals surface area contributed by atoms with E-state index in [9.17, 15) is 0 Å². The van der Waals surface area contributed by atoms with Crippen molar-refractivity contribution in [3.05, 3.63) is 59.8 Å². The summed E-state index contributed by atoms with van der Waals surface area (Å²) < 4.78 is 0. The minimum absolute atomic E-state index is 0.106. The zero-order chi connectivity index (χ0) is 26.5. The van der Waals surface area contributed by atoms with E-state index in [4.69, 9.17) is 19.9 Å². The van der Waals surface area contributed by atoms with Crippen molar-refractivity contribution in [1.82, 2.24) is 29.9 Å². The van der Waals surface area contributed by atoms with Gasteiger partial charge in [0.15, 0.2) is 5.65 Å². The van der Waals surface area contributed by atoms with E-state index in [2.05, 4.69) is 85.3 Å². The van der Waals surface area contributed by atoms with Crippen LogP contribution in [0, 0.1) is 0 Å². The van der Waals surface area contributed by atoms with Crippen LogP contribution in [0.5, 0.6) is 0 Å². The van der Waals surface area contributed by atoms with E-state index in [-0.39, 0.29) is 21.7 Å². The maximum absolute atomic E-state index is 5.13. The van der Waals surface area contributed by atoms with Crippen molar-refractivity contribution in [2.45, 2.75) is 104 Å². The van der Waals surface area contributed by atoms with Gasteiger partial charge in [0, 0.05) is 44.8 Å². The molecule has 0 amide bonds. The van der Waals surface area contributed by atoms with Crippen molar-refractivity contribution >= 4 is 21.9 Å². The summed E-state index contributed by atoms with van der Waals surface area (Å²) >= 11 is 0.